The molecule has 0 spiro atoms. The lowest BCUT2D eigenvalue weighted by atomic mass is 9.84. The fourth-order valence-corrected chi connectivity index (χ4v) is 2.94. The molecule has 0 aliphatic carbocycles. The minimum absolute atomic E-state index is 0.0261. The van der Waals surface area contributed by atoms with Gasteiger partial charge in [-0.25, -0.2) is 0 Å². The average Bonchev–Trinajstić information content (AvgIpc) is 2.58. The van der Waals surface area contributed by atoms with E-state index < -0.39 is 18.2 Å². The fraction of sp³-hybridized carbons (Fsp3) is 0.435. The van der Waals surface area contributed by atoms with E-state index in [4.69, 9.17) is 4.74 Å². The smallest absolute Gasteiger partial charge is 0.421 e. The van der Waals surface area contributed by atoms with Crippen molar-refractivity contribution >= 4 is 6.08 Å². The second-order valence-electron chi connectivity index (χ2n) is 7.08. The summed E-state index contributed by atoms with van der Waals surface area (Å²) in [5.41, 5.74) is 2.39. The number of ether oxygens (including phenoxy) is 1. The number of hydrogen-bond donors (Lipinski definition) is 1. The highest BCUT2D eigenvalue weighted by atomic mass is 19.4. The molecule has 2 nitrogen and oxygen atoms in total. The van der Waals surface area contributed by atoms with Crippen LogP contribution in [-0.2, 0) is 5.60 Å². The van der Waals surface area contributed by atoms with E-state index in [0.717, 1.165) is 12.8 Å². The van der Waals surface area contributed by atoms with Gasteiger partial charge in [0, 0.05) is 12.0 Å². The van der Waals surface area contributed by atoms with Gasteiger partial charge in [0.2, 0.25) is 0 Å². The third-order valence-electron chi connectivity index (χ3n) is 4.39. The van der Waals surface area contributed by atoms with Crippen LogP contribution in [0.15, 0.2) is 47.7 Å². The van der Waals surface area contributed by atoms with Crippen molar-refractivity contribution < 1.29 is 23.0 Å². The summed E-state index contributed by atoms with van der Waals surface area (Å²) in [6.07, 6.45) is 1.91. The number of benzene rings is 1. The largest absolute Gasteiger partial charge is 0.496 e. The molecule has 1 rings (SSSR count). The number of aryl methyl sites for hydroxylation is 1. The summed E-state index contributed by atoms with van der Waals surface area (Å²) in [5, 5.41) is 10.5. The average molecular weight is 394 g/mol. The number of rotatable bonds is 8. The Hall–Kier alpha value is -2.23. The van der Waals surface area contributed by atoms with Crippen molar-refractivity contribution in [2.75, 3.05) is 7.11 Å². The Kier molecular flexibility index (Phi) is 8.34. The minimum Gasteiger partial charge on any atom is -0.496 e. The van der Waals surface area contributed by atoms with E-state index in [1.165, 1.54) is 31.7 Å². The molecule has 0 saturated heterocycles. The number of hydrogen-bond acceptors (Lipinski definition) is 2. The molecule has 154 valence electrons. The van der Waals surface area contributed by atoms with Crippen molar-refractivity contribution in [2.45, 2.75) is 58.7 Å². The van der Waals surface area contributed by atoms with Gasteiger partial charge in [0.25, 0.3) is 0 Å². The molecule has 1 unspecified atom stereocenters. The third-order valence-corrected chi connectivity index (χ3v) is 4.39. The molecule has 1 atom stereocenters. The van der Waals surface area contributed by atoms with Gasteiger partial charge in [-0.2, -0.15) is 13.2 Å². The van der Waals surface area contributed by atoms with E-state index in [-0.39, 0.29) is 16.9 Å². The third kappa shape index (κ3) is 5.88. The van der Waals surface area contributed by atoms with Crippen molar-refractivity contribution in [3.63, 3.8) is 0 Å². The zero-order valence-electron chi connectivity index (χ0n) is 17.2. The van der Waals surface area contributed by atoms with E-state index in [2.05, 4.69) is 25.3 Å². The zero-order chi connectivity index (χ0) is 21.5. The molecule has 5 heteroatoms. The lowest BCUT2D eigenvalue weighted by molar-refractivity contribution is -0.266. The fourth-order valence-electron chi connectivity index (χ4n) is 2.94. The molecule has 1 aromatic carbocycles. The maximum Gasteiger partial charge on any atom is 0.421 e. The topological polar surface area (TPSA) is 29.5 Å². The Morgan fingerprint density at radius 2 is 1.93 bits per heavy atom. The highest BCUT2D eigenvalue weighted by molar-refractivity contribution is 5.59. The summed E-state index contributed by atoms with van der Waals surface area (Å²) in [6.45, 7) is 10.8. The van der Waals surface area contributed by atoms with Gasteiger partial charge in [0.15, 0.2) is 5.60 Å². The quantitative estimate of drug-likeness (QED) is 0.396. The lowest BCUT2D eigenvalue weighted by Gasteiger charge is -2.32. The van der Waals surface area contributed by atoms with Crippen LogP contribution < -0.4 is 4.74 Å². The number of halogens is 3. The minimum atomic E-state index is -4.87. The molecule has 28 heavy (non-hydrogen) atoms. The maximum atomic E-state index is 13.7. The van der Waals surface area contributed by atoms with Crippen molar-refractivity contribution in [1.82, 2.24) is 0 Å². The highest BCUT2D eigenvalue weighted by Crippen LogP contribution is 2.47. The van der Waals surface area contributed by atoms with Crippen LogP contribution in [0.4, 0.5) is 13.2 Å². The summed E-state index contributed by atoms with van der Waals surface area (Å²) < 4.78 is 46.3. The monoisotopic (exact) mass is 394 g/mol. The second kappa shape index (κ2) is 9.81. The predicted octanol–water partition coefficient (Wildman–Crippen LogP) is 6.63. The van der Waals surface area contributed by atoms with E-state index in [9.17, 15) is 18.3 Å². The molecule has 1 aromatic rings. The molecule has 0 amide bonds. The van der Waals surface area contributed by atoms with Gasteiger partial charge >= 0.3 is 6.18 Å². The van der Waals surface area contributed by atoms with E-state index in [1.54, 1.807) is 13.0 Å². The van der Waals surface area contributed by atoms with Gasteiger partial charge in [0.1, 0.15) is 5.75 Å². The highest BCUT2D eigenvalue weighted by Gasteiger charge is 2.56. The van der Waals surface area contributed by atoms with E-state index >= 15 is 0 Å². The molecular weight excluding hydrogens is 365 g/mol. The number of allylic oxidation sites excluding steroid dienone is 3. The lowest BCUT2D eigenvalue weighted by Crippen LogP contribution is -2.42. The van der Waals surface area contributed by atoms with Gasteiger partial charge in [-0.15, -0.1) is 12.3 Å². The van der Waals surface area contributed by atoms with Crippen LogP contribution in [0.5, 0.6) is 5.75 Å². The van der Waals surface area contributed by atoms with Gasteiger partial charge in [-0.3, -0.25) is 0 Å². The van der Waals surface area contributed by atoms with Crippen LogP contribution in [0.2, 0.25) is 0 Å². The van der Waals surface area contributed by atoms with Crippen molar-refractivity contribution in [3.05, 3.63) is 64.4 Å². The summed E-state index contributed by atoms with van der Waals surface area (Å²) in [4.78, 5) is 0. The van der Waals surface area contributed by atoms with Gasteiger partial charge < -0.3 is 9.84 Å². The maximum absolute atomic E-state index is 13.7. The summed E-state index contributed by atoms with van der Waals surface area (Å²) >= 11 is 0. The first-order valence-corrected chi connectivity index (χ1v) is 9.15. The van der Waals surface area contributed by atoms with Crippen molar-refractivity contribution in [2.24, 2.45) is 0 Å². The summed E-state index contributed by atoms with van der Waals surface area (Å²) in [5.74, 6) is -0.0261. The molecule has 0 aliphatic heterocycles. The second-order valence-corrected chi connectivity index (χ2v) is 7.08. The normalized spacial score (nSPS) is 14.1. The molecule has 0 aliphatic rings. The Bertz CT molecular complexity index is 797. The first kappa shape index (κ1) is 23.8. The Morgan fingerprint density at radius 3 is 2.43 bits per heavy atom. The van der Waals surface area contributed by atoms with E-state index in [1.807, 2.05) is 13.0 Å². The number of alkyl halides is 3. The number of methoxy groups -OCH3 is 1. The SMILES string of the molecule is C=C(C)CC(O)(c1cc(C)c(C=C=CC/C(C)=C/CC)cc1OC)C(F)(F)F. The Morgan fingerprint density at radius 1 is 1.29 bits per heavy atom. The van der Waals surface area contributed by atoms with Gasteiger partial charge in [-0.1, -0.05) is 24.1 Å². The van der Waals surface area contributed by atoms with Crippen LogP contribution in [-0.4, -0.2) is 18.4 Å². The molecule has 0 bridgehead atoms. The van der Waals surface area contributed by atoms with Crippen LogP contribution in [0, 0.1) is 6.92 Å². The van der Waals surface area contributed by atoms with Crippen LogP contribution in [0.3, 0.4) is 0 Å². The van der Waals surface area contributed by atoms with Crippen molar-refractivity contribution in [3.8, 4) is 5.75 Å². The molecule has 0 heterocycles. The van der Waals surface area contributed by atoms with Crippen LogP contribution >= 0.6 is 0 Å². The van der Waals surface area contributed by atoms with E-state index in [0.29, 0.717) is 11.1 Å². The Balaban J connectivity index is 3.40. The zero-order valence-corrected chi connectivity index (χ0v) is 17.2. The van der Waals surface area contributed by atoms with Gasteiger partial charge in [0.05, 0.1) is 7.11 Å². The molecule has 0 radical (unpaired) electrons. The summed E-state index contributed by atoms with van der Waals surface area (Å²) in [6, 6.07) is 2.82. The first-order chi connectivity index (χ1) is 13.0. The molecule has 0 fully saturated rings. The molecule has 0 saturated carbocycles. The Labute approximate surface area is 165 Å². The van der Waals surface area contributed by atoms with Gasteiger partial charge in [-0.05, 0) is 69.0 Å². The first-order valence-electron chi connectivity index (χ1n) is 9.15. The van der Waals surface area contributed by atoms with Crippen LogP contribution in [0.1, 0.15) is 56.7 Å². The van der Waals surface area contributed by atoms with Crippen LogP contribution in [0.25, 0.3) is 6.08 Å². The summed E-state index contributed by atoms with van der Waals surface area (Å²) in [7, 11) is 1.29. The molecule has 1 N–H and O–H groups in total. The van der Waals surface area contributed by atoms with Crippen molar-refractivity contribution in [1.29, 1.82) is 0 Å². The number of aliphatic hydroxyl groups is 1. The molecular formula is C23H29F3O2. The molecule has 0 aromatic heterocycles. The standard InChI is InChI=1S/C23H29F3O2/c1-7-10-17(4)11-8-9-12-19-14-21(28-6)20(13-18(19)5)22(27,15-16(2)3)23(24,25)26/h8,10,12-14,27H,2,7,11,15H2,1,3-6H3/b17-10+. The predicted molar refractivity (Wildman–Crippen MR) is 108 cm³/mol.